The van der Waals surface area contributed by atoms with Crippen LogP contribution in [0.15, 0.2) is 24.3 Å². The Kier molecular flexibility index (Phi) is 7.21. The molecule has 1 atom stereocenters. The summed E-state index contributed by atoms with van der Waals surface area (Å²) >= 11 is 5.94. The molecule has 0 amide bonds. The van der Waals surface area contributed by atoms with Gasteiger partial charge in [-0.1, -0.05) is 23.7 Å². The van der Waals surface area contributed by atoms with Crippen molar-refractivity contribution in [2.75, 3.05) is 33.5 Å². The average molecular weight is 258 g/mol. The van der Waals surface area contributed by atoms with Crippen molar-refractivity contribution >= 4 is 11.6 Å². The molecule has 0 aliphatic heterocycles. The average Bonchev–Trinajstić information content (AvgIpc) is 2.33. The van der Waals surface area contributed by atoms with Gasteiger partial charge in [0.05, 0.1) is 19.8 Å². The van der Waals surface area contributed by atoms with Crippen LogP contribution in [0.1, 0.15) is 18.5 Å². The lowest BCUT2D eigenvalue weighted by Crippen LogP contribution is -2.23. The fraction of sp³-hybridized carbons (Fsp3) is 0.538. The molecule has 0 heterocycles. The highest BCUT2D eigenvalue weighted by atomic mass is 35.5. The van der Waals surface area contributed by atoms with Crippen molar-refractivity contribution in [1.82, 2.24) is 5.32 Å². The summed E-state index contributed by atoms with van der Waals surface area (Å²) in [7, 11) is 1.67. The summed E-state index contributed by atoms with van der Waals surface area (Å²) < 4.78 is 10.3. The third kappa shape index (κ3) is 6.03. The van der Waals surface area contributed by atoms with Gasteiger partial charge in [0, 0.05) is 24.7 Å². The van der Waals surface area contributed by atoms with Gasteiger partial charge in [-0.2, -0.15) is 0 Å². The third-order valence-electron chi connectivity index (χ3n) is 2.48. The minimum atomic E-state index is 0.278. The van der Waals surface area contributed by atoms with E-state index in [1.807, 2.05) is 18.2 Å². The van der Waals surface area contributed by atoms with Crippen LogP contribution in [0.4, 0.5) is 0 Å². The second kappa shape index (κ2) is 8.48. The van der Waals surface area contributed by atoms with Crippen LogP contribution in [0.2, 0.25) is 5.02 Å². The van der Waals surface area contributed by atoms with Gasteiger partial charge in [-0.15, -0.1) is 0 Å². The molecular formula is C13H20ClNO2. The van der Waals surface area contributed by atoms with Gasteiger partial charge < -0.3 is 14.8 Å². The monoisotopic (exact) mass is 257 g/mol. The largest absolute Gasteiger partial charge is 0.382 e. The summed E-state index contributed by atoms with van der Waals surface area (Å²) in [6.07, 6.45) is 0. The van der Waals surface area contributed by atoms with Gasteiger partial charge in [0.25, 0.3) is 0 Å². The molecule has 0 unspecified atom stereocenters. The van der Waals surface area contributed by atoms with Gasteiger partial charge in [0.15, 0.2) is 0 Å². The molecule has 0 aliphatic rings. The van der Waals surface area contributed by atoms with Crippen LogP contribution in [0.3, 0.4) is 0 Å². The zero-order valence-electron chi connectivity index (χ0n) is 10.4. The van der Waals surface area contributed by atoms with Gasteiger partial charge in [0.2, 0.25) is 0 Å². The number of benzene rings is 1. The predicted molar refractivity (Wildman–Crippen MR) is 70.6 cm³/mol. The van der Waals surface area contributed by atoms with Gasteiger partial charge in [0.1, 0.15) is 0 Å². The smallest absolute Gasteiger partial charge is 0.0700 e. The summed E-state index contributed by atoms with van der Waals surface area (Å²) in [5.74, 6) is 0. The van der Waals surface area contributed by atoms with Gasteiger partial charge in [-0.3, -0.25) is 0 Å². The summed E-state index contributed by atoms with van der Waals surface area (Å²) in [4.78, 5) is 0. The first kappa shape index (κ1) is 14.5. The van der Waals surface area contributed by atoms with Crippen LogP contribution in [0, 0.1) is 0 Å². The van der Waals surface area contributed by atoms with Crippen LogP contribution >= 0.6 is 11.6 Å². The molecule has 0 saturated carbocycles. The molecule has 1 aromatic rings. The van der Waals surface area contributed by atoms with Crippen LogP contribution in [-0.4, -0.2) is 33.5 Å². The Morgan fingerprint density at radius 1 is 1.29 bits per heavy atom. The second-order valence-corrected chi connectivity index (χ2v) is 4.27. The molecule has 0 aromatic heterocycles. The van der Waals surface area contributed by atoms with E-state index in [1.54, 1.807) is 7.11 Å². The van der Waals surface area contributed by atoms with E-state index in [0.717, 1.165) is 11.6 Å². The molecule has 0 fully saturated rings. The maximum Gasteiger partial charge on any atom is 0.0700 e. The molecule has 4 heteroatoms. The molecule has 0 aliphatic carbocycles. The Hall–Kier alpha value is -0.610. The maximum atomic E-state index is 5.94. The number of methoxy groups -OCH3 is 1. The van der Waals surface area contributed by atoms with Crippen LogP contribution in [-0.2, 0) is 9.47 Å². The van der Waals surface area contributed by atoms with Crippen molar-refractivity contribution in [1.29, 1.82) is 0 Å². The second-order valence-electron chi connectivity index (χ2n) is 3.84. The highest BCUT2D eigenvalue weighted by Gasteiger charge is 2.04. The Bertz CT molecular complexity index is 320. The zero-order valence-corrected chi connectivity index (χ0v) is 11.2. The fourth-order valence-electron chi connectivity index (χ4n) is 1.49. The molecule has 0 bridgehead atoms. The van der Waals surface area contributed by atoms with E-state index in [9.17, 15) is 0 Å². The summed E-state index contributed by atoms with van der Waals surface area (Å²) in [5, 5.41) is 4.15. The molecule has 17 heavy (non-hydrogen) atoms. The molecular weight excluding hydrogens is 238 g/mol. The number of rotatable bonds is 8. The van der Waals surface area contributed by atoms with Crippen LogP contribution in [0.25, 0.3) is 0 Å². The number of hydrogen-bond donors (Lipinski definition) is 1. The van der Waals surface area contributed by atoms with Gasteiger partial charge in [-0.05, 0) is 24.6 Å². The molecule has 0 radical (unpaired) electrons. The quantitative estimate of drug-likeness (QED) is 0.727. The van der Waals surface area contributed by atoms with Crippen molar-refractivity contribution in [2.45, 2.75) is 13.0 Å². The number of hydrogen-bond acceptors (Lipinski definition) is 3. The Morgan fingerprint density at radius 3 is 2.82 bits per heavy atom. The number of halogens is 1. The Labute approximate surface area is 108 Å². The van der Waals surface area contributed by atoms with Crippen LogP contribution < -0.4 is 5.32 Å². The topological polar surface area (TPSA) is 30.5 Å². The van der Waals surface area contributed by atoms with Crippen molar-refractivity contribution in [2.24, 2.45) is 0 Å². The normalized spacial score (nSPS) is 12.6. The predicted octanol–water partition coefficient (Wildman–Crippen LogP) is 2.65. The van der Waals surface area contributed by atoms with E-state index in [2.05, 4.69) is 18.3 Å². The van der Waals surface area contributed by atoms with Gasteiger partial charge >= 0.3 is 0 Å². The standard InChI is InChI=1S/C13H20ClNO2/c1-11(12-4-3-5-13(14)10-12)15-6-7-17-9-8-16-2/h3-5,10-11,15H,6-9H2,1-2H3/t11-/m1/s1. The Balaban J connectivity index is 2.19. The first-order valence-electron chi connectivity index (χ1n) is 5.79. The highest BCUT2D eigenvalue weighted by molar-refractivity contribution is 6.30. The fourth-order valence-corrected chi connectivity index (χ4v) is 1.68. The minimum absolute atomic E-state index is 0.278. The first-order valence-corrected chi connectivity index (χ1v) is 6.17. The van der Waals surface area contributed by atoms with Crippen molar-refractivity contribution in [3.8, 4) is 0 Å². The first-order chi connectivity index (χ1) is 8.24. The van der Waals surface area contributed by atoms with Crippen LogP contribution in [0.5, 0.6) is 0 Å². The SMILES string of the molecule is COCCOCCN[C@H](C)c1cccc(Cl)c1. The molecule has 1 N–H and O–H groups in total. The zero-order chi connectivity index (χ0) is 12.5. The summed E-state index contributed by atoms with van der Waals surface area (Å²) in [6, 6.07) is 8.16. The van der Waals surface area contributed by atoms with Crippen molar-refractivity contribution in [3.63, 3.8) is 0 Å². The van der Waals surface area contributed by atoms with Crippen molar-refractivity contribution in [3.05, 3.63) is 34.9 Å². The Morgan fingerprint density at radius 2 is 2.12 bits per heavy atom. The number of nitrogens with one attached hydrogen (secondary N) is 1. The molecule has 0 spiro atoms. The summed E-state index contributed by atoms with van der Waals surface area (Å²) in [6.45, 7) is 4.90. The lowest BCUT2D eigenvalue weighted by Gasteiger charge is -2.14. The minimum Gasteiger partial charge on any atom is -0.382 e. The highest BCUT2D eigenvalue weighted by Crippen LogP contribution is 2.16. The van der Waals surface area contributed by atoms with Crippen molar-refractivity contribution < 1.29 is 9.47 Å². The molecule has 96 valence electrons. The molecule has 3 nitrogen and oxygen atoms in total. The van der Waals surface area contributed by atoms with E-state index < -0.39 is 0 Å². The molecule has 1 rings (SSSR count). The van der Waals surface area contributed by atoms with E-state index >= 15 is 0 Å². The van der Waals surface area contributed by atoms with E-state index in [0.29, 0.717) is 19.8 Å². The van der Waals surface area contributed by atoms with E-state index in [-0.39, 0.29) is 6.04 Å². The number of ether oxygens (including phenoxy) is 2. The lowest BCUT2D eigenvalue weighted by molar-refractivity contribution is 0.0712. The lowest BCUT2D eigenvalue weighted by atomic mass is 10.1. The maximum absolute atomic E-state index is 5.94. The van der Waals surface area contributed by atoms with E-state index in [1.165, 1.54) is 5.56 Å². The van der Waals surface area contributed by atoms with Gasteiger partial charge in [-0.25, -0.2) is 0 Å². The third-order valence-corrected chi connectivity index (χ3v) is 2.71. The summed E-state index contributed by atoms with van der Waals surface area (Å²) in [5.41, 5.74) is 1.19. The van der Waals surface area contributed by atoms with E-state index in [4.69, 9.17) is 21.1 Å². The molecule has 0 saturated heterocycles. The molecule has 1 aromatic carbocycles.